The summed E-state index contributed by atoms with van der Waals surface area (Å²) in [5.41, 5.74) is 3.48. The van der Waals surface area contributed by atoms with Crippen LogP contribution in [-0.4, -0.2) is 50.7 Å². The molecule has 0 spiro atoms. The topological polar surface area (TPSA) is 83.3 Å². The van der Waals surface area contributed by atoms with E-state index in [-0.39, 0.29) is 17.1 Å². The van der Waals surface area contributed by atoms with E-state index in [0.717, 1.165) is 37.1 Å². The van der Waals surface area contributed by atoms with Crippen LogP contribution in [0.2, 0.25) is 0 Å². The van der Waals surface area contributed by atoms with Crippen molar-refractivity contribution in [2.75, 3.05) is 20.1 Å². The Morgan fingerprint density at radius 1 is 1.23 bits per heavy atom. The van der Waals surface area contributed by atoms with Gasteiger partial charge in [-0.25, -0.2) is 14.4 Å². The van der Waals surface area contributed by atoms with Crippen molar-refractivity contribution in [2.24, 2.45) is 0 Å². The van der Waals surface area contributed by atoms with Crippen LogP contribution in [0.4, 0.5) is 4.39 Å². The normalized spacial score (nSPS) is 15.8. The molecule has 0 unspecified atom stereocenters. The van der Waals surface area contributed by atoms with Crippen LogP contribution in [0.1, 0.15) is 24.0 Å². The molecule has 8 heteroatoms. The number of pyridine rings is 1. The lowest BCUT2D eigenvalue weighted by Gasteiger charge is -2.23. The molecule has 180 valence electrons. The van der Waals surface area contributed by atoms with E-state index in [1.807, 2.05) is 20.0 Å². The van der Waals surface area contributed by atoms with Gasteiger partial charge in [0, 0.05) is 37.0 Å². The minimum atomic E-state index is -0.335. The first kappa shape index (κ1) is 23.1. The van der Waals surface area contributed by atoms with Crippen molar-refractivity contribution in [3.63, 3.8) is 0 Å². The van der Waals surface area contributed by atoms with E-state index in [0.29, 0.717) is 40.4 Å². The fourth-order valence-electron chi connectivity index (χ4n) is 4.90. The molecule has 0 aliphatic carbocycles. The van der Waals surface area contributed by atoms with Crippen LogP contribution in [0.3, 0.4) is 0 Å². The molecule has 0 bridgehead atoms. The maximum atomic E-state index is 14.4. The number of phenolic OH excluding ortho intramolecular Hbond substituents is 1. The van der Waals surface area contributed by atoms with E-state index < -0.39 is 0 Å². The lowest BCUT2D eigenvalue weighted by atomic mass is 9.97. The first-order valence-electron chi connectivity index (χ1n) is 11.8. The number of phenols is 1. The van der Waals surface area contributed by atoms with Crippen molar-refractivity contribution >= 4 is 11.0 Å². The summed E-state index contributed by atoms with van der Waals surface area (Å²) in [5, 5.41) is 13.8. The van der Waals surface area contributed by atoms with Gasteiger partial charge >= 0.3 is 0 Å². The third-order valence-electron chi connectivity index (χ3n) is 6.48. The smallest absolute Gasteiger partial charge is 0.267 e. The summed E-state index contributed by atoms with van der Waals surface area (Å²) >= 11 is 0. The highest BCUT2D eigenvalue weighted by molar-refractivity contribution is 5.86. The van der Waals surface area contributed by atoms with Crippen LogP contribution >= 0.6 is 0 Å². The standard InChI is InChI=1S/C27H28FN5O2/c1-17-9-18(11-19(28)10-17)23-13-30-26-25(24(23)15-32(2)14-20-5-4-8-29-20)27(35)33(16-31-26)21-6-3-7-22(34)12-21/h3,6-7,9-13,16,20,29,34H,4-5,8,14-15H2,1-2H3/t20-/m0/s1. The Morgan fingerprint density at radius 3 is 2.83 bits per heavy atom. The Balaban J connectivity index is 1.70. The minimum absolute atomic E-state index is 0.0561. The number of rotatable bonds is 6. The van der Waals surface area contributed by atoms with Crippen molar-refractivity contribution < 1.29 is 9.50 Å². The Hall–Kier alpha value is -3.62. The highest BCUT2D eigenvalue weighted by Crippen LogP contribution is 2.30. The molecular weight excluding hydrogens is 445 g/mol. The van der Waals surface area contributed by atoms with Gasteiger partial charge in [-0.15, -0.1) is 0 Å². The quantitative estimate of drug-likeness (QED) is 0.444. The molecule has 0 amide bonds. The molecule has 4 aromatic rings. The number of nitrogens with one attached hydrogen (secondary N) is 1. The fraction of sp³-hybridized carbons (Fsp3) is 0.296. The number of nitrogens with zero attached hydrogens (tertiary/aromatic N) is 4. The van der Waals surface area contributed by atoms with Crippen molar-refractivity contribution in [2.45, 2.75) is 32.4 Å². The molecule has 1 saturated heterocycles. The van der Waals surface area contributed by atoms with E-state index in [2.05, 4.69) is 20.2 Å². The molecule has 2 N–H and O–H groups in total. The Bertz CT molecular complexity index is 1430. The average Bonchev–Trinajstić information content (AvgIpc) is 3.31. The summed E-state index contributed by atoms with van der Waals surface area (Å²) in [4.78, 5) is 24.9. The van der Waals surface area contributed by atoms with Crippen LogP contribution in [0.25, 0.3) is 27.8 Å². The molecular formula is C27H28FN5O2. The Morgan fingerprint density at radius 2 is 2.09 bits per heavy atom. The third-order valence-corrected chi connectivity index (χ3v) is 6.48. The van der Waals surface area contributed by atoms with Crippen molar-refractivity contribution in [1.29, 1.82) is 0 Å². The number of aromatic nitrogens is 3. The summed E-state index contributed by atoms with van der Waals surface area (Å²) in [7, 11) is 2.02. The number of benzene rings is 2. The van der Waals surface area contributed by atoms with E-state index in [9.17, 15) is 14.3 Å². The maximum Gasteiger partial charge on any atom is 0.267 e. The van der Waals surface area contributed by atoms with Crippen LogP contribution in [0.15, 0.2) is 59.8 Å². The van der Waals surface area contributed by atoms with Gasteiger partial charge in [-0.3, -0.25) is 9.36 Å². The van der Waals surface area contributed by atoms with Crippen LogP contribution in [0, 0.1) is 12.7 Å². The number of hydrogen-bond acceptors (Lipinski definition) is 6. The lowest BCUT2D eigenvalue weighted by Crippen LogP contribution is -2.35. The zero-order valence-electron chi connectivity index (χ0n) is 19.8. The summed E-state index contributed by atoms with van der Waals surface area (Å²) < 4.78 is 15.8. The minimum Gasteiger partial charge on any atom is -0.508 e. The summed E-state index contributed by atoms with van der Waals surface area (Å²) in [6.45, 7) is 4.16. The van der Waals surface area contributed by atoms with Crippen molar-refractivity contribution in [3.05, 3.63) is 82.3 Å². The van der Waals surface area contributed by atoms with Crippen LogP contribution in [-0.2, 0) is 6.54 Å². The third kappa shape index (κ3) is 4.80. The van der Waals surface area contributed by atoms with Gasteiger partial charge in [0.2, 0.25) is 0 Å². The second-order valence-corrected chi connectivity index (χ2v) is 9.30. The van der Waals surface area contributed by atoms with Crippen LogP contribution < -0.4 is 10.9 Å². The van der Waals surface area contributed by atoms with Crippen LogP contribution in [0.5, 0.6) is 5.75 Å². The average molecular weight is 474 g/mol. The SMILES string of the molecule is Cc1cc(F)cc(-c2cnc3ncn(-c4cccc(O)c4)c(=O)c3c2CN(C)C[C@@H]2CCCN2)c1. The van der Waals surface area contributed by atoms with Crippen molar-refractivity contribution in [3.8, 4) is 22.6 Å². The monoisotopic (exact) mass is 473 g/mol. The second kappa shape index (κ2) is 9.56. The lowest BCUT2D eigenvalue weighted by molar-refractivity contribution is 0.294. The number of aryl methyl sites for hydroxylation is 1. The molecule has 35 heavy (non-hydrogen) atoms. The molecule has 2 aromatic heterocycles. The highest BCUT2D eigenvalue weighted by Gasteiger charge is 2.21. The molecule has 1 atom stereocenters. The molecule has 5 rings (SSSR count). The largest absolute Gasteiger partial charge is 0.508 e. The van der Waals surface area contributed by atoms with E-state index in [1.165, 1.54) is 29.1 Å². The molecule has 1 fully saturated rings. The van der Waals surface area contributed by atoms with E-state index >= 15 is 0 Å². The van der Waals surface area contributed by atoms with Gasteiger partial charge < -0.3 is 15.3 Å². The number of fused-ring (bicyclic) bond motifs is 1. The zero-order chi connectivity index (χ0) is 24.5. The highest BCUT2D eigenvalue weighted by atomic mass is 19.1. The molecule has 1 aliphatic rings. The number of likely N-dealkylation sites (N-methyl/N-ethyl adjacent to an activating group) is 1. The molecule has 0 radical (unpaired) electrons. The summed E-state index contributed by atoms with van der Waals surface area (Å²) in [6, 6.07) is 11.7. The second-order valence-electron chi connectivity index (χ2n) is 9.30. The first-order chi connectivity index (χ1) is 16.9. The molecule has 3 heterocycles. The molecule has 0 saturated carbocycles. The summed E-state index contributed by atoms with van der Waals surface area (Å²) in [5.74, 6) is -0.279. The molecule has 2 aromatic carbocycles. The van der Waals surface area contributed by atoms with Gasteiger partial charge in [-0.2, -0.15) is 0 Å². The summed E-state index contributed by atoms with van der Waals surface area (Å²) in [6.07, 6.45) is 5.37. The van der Waals surface area contributed by atoms with Gasteiger partial charge in [0.1, 0.15) is 17.9 Å². The maximum absolute atomic E-state index is 14.4. The first-order valence-corrected chi connectivity index (χ1v) is 11.8. The molecule has 7 nitrogen and oxygen atoms in total. The van der Waals surface area contributed by atoms with Gasteiger partial charge in [0.25, 0.3) is 5.56 Å². The fourth-order valence-corrected chi connectivity index (χ4v) is 4.90. The Labute approximate surface area is 202 Å². The van der Waals surface area contributed by atoms with Gasteiger partial charge in [-0.05, 0) is 74.3 Å². The predicted octanol–water partition coefficient (Wildman–Crippen LogP) is 3.78. The molecule has 1 aliphatic heterocycles. The number of hydrogen-bond donors (Lipinski definition) is 2. The van der Waals surface area contributed by atoms with Gasteiger partial charge in [0.15, 0.2) is 5.65 Å². The van der Waals surface area contributed by atoms with E-state index in [1.54, 1.807) is 24.4 Å². The Kier molecular flexibility index (Phi) is 6.32. The van der Waals surface area contributed by atoms with E-state index in [4.69, 9.17) is 0 Å². The number of aromatic hydroxyl groups is 1. The van der Waals surface area contributed by atoms with Crippen molar-refractivity contribution in [1.82, 2.24) is 24.8 Å². The zero-order valence-corrected chi connectivity index (χ0v) is 19.8. The van der Waals surface area contributed by atoms with Gasteiger partial charge in [-0.1, -0.05) is 12.1 Å². The number of halogens is 1. The van der Waals surface area contributed by atoms with Gasteiger partial charge in [0.05, 0.1) is 11.1 Å². The predicted molar refractivity (Wildman–Crippen MR) is 134 cm³/mol.